The minimum Gasteiger partial charge on any atom is -0.343 e. The number of alkyl halides is 2. The Morgan fingerprint density at radius 2 is 1.93 bits per heavy atom. The summed E-state index contributed by atoms with van der Waals surface area (Å²) in [5, 5.41) is 1.51. The van der Waals surface area contributed by atoms with Gasteiger partial charge in [0, 0.05) is 26.4 Å². The molecule has 0 aliphatic heterocycles. The molecule has 1 unspecified atom stereocenters. The highest BCUT2D eigenvalue weighted by atomic mass is 35.5. The van der Waals surface area contributed by atoms with Crippen molar-refractivity contribution in [2.75, 3.05) is 5.32 Å². The first-order valence-electron chi connectivity index (χ1n) is 7.62. The Morgan fingerprint density at radius 3 is 2.50 bits per heavy atom. The van der Waals surface area contributed by atoms with Gasteiger partial charge in [-0.15, -0.1) is 0 Å². The van der Waals surface area contributed by atoms with Gasteiger partial charge in [0.25, 0.3) is 11.8 Å². The van der Waals surface area contributed by atoms with E-state index in [1.54, 1.807) is 4.72 Å². The molecule has 0 aliphatic carbocycles. The number of hydrogen-bond donors (Lipinski definition) is 2. The Morgan fingerprint density at radius 1 is 1.32 bits per heavy atom. The Hall–Kier alpha value is -2.18. The summed E-state index contributed by atoms with van der Waals surface area (Å²) >= 11 is 5.49. The Kier molecular flexibility index (Phi) is 6.07. The molecule has 0 aromatic carbocycles. The van der Waals surface area contributed by atoms with E-state index in [0.29, 0.717) is 6.92 Å². The van der Waals surface area contributed by atoms with E-state index in [1.807, 2.05) is 5.32 Å². The summed E-state index contributed by atoms with van der Waals surface area (Å²) in [6.45, 7) is 1.40. The molecule has 2 aromatic heterocycles. The van der Waals surface area contributed by atoms with E-state index in [9.17, 15) is 30.8 Å². The number of anilines is 1. The van der Waals surface area contributed by atoms with E-state index >= 15 is 0 Å². The number of amides is 1. The normalized spacial score (nSPS) is 13.4. The number of rotatable bonds is 6. The van der Waals surface area contributed by atoms with Crippen molar-refractivity contribution in [3.05, 3.63) is 40.9 Å². The summed E-state index contributed by atoms with van der Waals surface area (Å²) in [4.78, 5) is 14.7. The zero-order valence-electron chi connectivity index (χ0n) is 14.7. The lowest BCUT2D eigenvalue weighted by molar-refractivity contribution is -0.00490. The number of aromatic nitrogens is 2. The molecule has 1 amide bonds. The smallest absolute Gasteiger partial charge is 0.275 e. The van der Waals surface area contributed by atoms with Crippen molar-refractivity contribution in [1.82, 2.24) is 14.3 Å². The monoisotopic (exact) mass is 442 g/mol. The molecule has 0 bridgehead atoms. The lowest BCUT2D eigenvalue weighted by Gasteiger charge is -2.20. The molecule has 0 fully saturated rings. The quantitative estimate of drug-likeness (QED) is 0.531. The predicted molar refractivity (Wildman–Crippen MR) is 92.9 cm³/mol. The van der Waals surface area contributed by atoms with Gasteiger partial charge in [0.2, 0.25) is 10.0 Å². The number of aryl methyl sites for hydroxylation is 1. The topological polar surface area (TPSA) is 93.1 Å². The zero-order valence-corrected chi connectivity index (χ0v) is 16.3. The van der Waals surface area contributed by atoms with Crippen LogP contribution in [0.4, 0.5) is 23.2 Å². The van der Waals surface area contributed by atoms with Crippen molar-refractivity contribution in [3.8, 4) is 0 Å². The van der Waals surface area contributed by atoms with Crippen LogP contribution in [0, 0.1) is 11.6 Å². The van der Waals surface area contributed by atoms with Crippen molar-refractivity contribution in [2.24, 2.45) is 7.05 Å². The van der Waals surface area contributed by atoms with Gasteiger partial charge in [0.05, 0.1) is 11.7 Å². The van der Waals surface area contributed by atoms with Gasteiger partial charge in [0.15, 0.2) is 16.8 Å². The van der Waals surface area contributed by atoms with Crippen molar-refractivity contribution >= 4 is 33.2 Å². The molecule has 13 heteroatoms. The maximum atomic E-state index is 14.6. The zero-order chi connectivity index (χ0) is 21.4. The van der Waals surface area contributed by atoms with Crippen molar-refractivity contribution in [3.63, 3.8) is 0 Å². The first-order chi connectivity index (χ1) is 12.8. The van der Waals surface area contributed by atoms with E-state index in [0.717, 1.165) is 37.0 Å². The van der Waals surface area contributed by atoms with Crippen LogP contribution < -0.4 is 10.0 Å². The first kappa shape index (κ1) is 22.1. The fraction of sp³-hybridized carbons (Fsp3) is 0.333. The van der Waals surface area contributed by atoms with Gasteiger partial charge < -0.3 is 9.88 Å². The third-order valence-corrected chi connectivity index (χ3v) is 5.57. The van der Waals surface area contributed by atoms with Crippen LogP contribution in [0.3, 0.4) is 0 Å². The first-order valence-corrected chi connectivity index (χ1v) is 9.48. The van der Waals surface area contributed by atoms with Gasteiger partial charge in [0.1, 0.15) is 10.6 Å². The van der Waals surface area contributed by atoms with Gasteiger partial charge >= 0.3 is 0 Å². The molecular weight excluding hydrogens is 428 g/mol. The summed E-state index contributed by atoms with van der Waals surface area (Å²) < 4.78 is 81.9. The maximum Gasteiger partial charge on any atom is 0.275 e. The lowest BCUT2D eigenvalue weighted by Crippen LogP contribution is -2.43. The lowest BCUT2D eigenvalue weighted by atomic mass is 10.2. The van der Waals surface area contributed by atoms with Gasteiger partial charge in [-0.05, 0) is 13.0 Å². The second-order valence-electron chi connectivity index (χ2n) is 5.98. The second kappa shape index (κ2) is 7.68. The van der Waals surface area contributed by atoms with Crippen molar-refractivity contribution in [2.45, 2.75) is 30.7 Å². The van der Waals surface area contributed by atoms with Gasteiger partial charge in [-0.2, -0.15) is 0 Å². The number of carbonyl (C=O) groups is 1. The summed E-state index contributed by atoms with van der Waals surface area (Å²) in [5.74, 6) is -7.15. The molecular formula is C15H15ClF4N4O3S. The fourth-order valence-electron chi connectivity index (χ4n) is 2.11. The Labute approximate surface area is 162 Å². The van der Waals surface area contributed by atoms with Crippen molar-refractivity contribution < 1.29 is 30.8 Å². The predicted octanol–water partition coefficient (Wildman–Crippen LogP) is 2.93. The second-order valence-corrected chi connectivity index (χ2v) is 8.02. The molecule has 2 N–H and O–H groups in total. The molecule has 2 aromatic rings. The molecule has 0 saturated carbocycles. The molecule has 0 radical (unpaired) electrons. The summed E-state index contributed by atoms with van der Waals surface area (Å²) in [6, 6.07) is -0.771. The largest absolute Gasteiger partial charge is 0.343 e. The van der Waals surface area contributed by atoms with Crippen LogP contribution in [0.25, 0.3) is 0 Å². The van der Waals surface area contributed by atoms with E-state index in [4.69, 9.17) is 11.6 Å². The van der Waals surface area contributed by atoms with Gasteiger partial charge in [-0.3, -0.25) is 4.79 Å². The Balaban J connectivity index is 2.38. The standard InChI is InChI=1S/C15H15ClF4N4O3S/c1-7(15(2,19)20)23-28(26,27)9-6-24(3)12(11(9)18)14(25)22-8-4-5-21-13(16)10(8)17/h4-7,23H,1-3H3,(H,21,22,25). The molecule has 0 saturated heterocycles. The van der Waals surface area contributed by atoms with E-state index in [1.165, 1.54) is 0 Å². The molecule has 2 rings (SSSR count). The van der Waals surface area contributed by atoms with Crippen LogP contribution in [0.2, 0.25) is 5.15 Å². The van der Waals surface area contributed by atoms with E-state index in [2.05, 4.69) is 4.98 Å². The van der Waals surface area contributed by atoms with Crippen LogP contribution in [0.15, 0.2) is 23.4 Å². The minimum absolute atomic E-state index is 0.410. The van der Waals surface area contributed by atoms with E-state index in [-0.39, 0.29) is 0 Å². The van der Waals surface area contributed by atoms with Crippen LogP contribution in [0.5, 0.6) is 0 Å². The molecule has 0 spiro atoms. The fourth-order valence-corrected chi connectivity index (χ4v) is 3.70. The highest BCUT2D eigenvalue weighted by Crippen LogP contribution is 2.25. The number of nitrogens with one attached hydrogen (secondary N) is 2. The summed E-state index contributed by atoms with van der Waals surface area (Å²) in [7, 11) is -3.55. The molecule has 2 heterocycles. The number of carbonyl (C=O) groups excluding carboxylic acids is 1. The van der Waals surface area contributed by atoms with Crippen LogP contribution >= 0.6 is 11.6 Å². The minimum atomic E-state index is -4.71. The average Bonchev–Trinajstić information content (AvgIpc) is 2.86. The molecule has 154 valence electrons. The number of nitrogens with zero attached hydrogens (tertiary/aromatic N) is 2. The molecule has 0 aliphatic rings. The third kappa shape index (κ3) is 4.45. The highest BCUT2D eigenvalue weighted by molar-refractivity contribution is 7.89. The van der Waals surface area contributed by atoms with E-state index < -0.39 is 61.0 Å². The molecule has 7 nitrogen and oxygen atoms in total. The SMILES string of the molecule is CC(NS(=O)(=O)c1cn(C)c(C(=O)Nc2ccnc(Cl)c2F)c1F)C(C)(F)F. The Bertz CT molecular complexity index is 1020. The highest BCUT2D eigenvalue weighted by Gasteiger charge is 2.36. The molecule has 1 atom stereocenters. The molecule has 28 heavy (non-hydrogen) atoms. The van der Waals surface area contributed by atoms with Crippen LogP contribution in [-0.4, -0.2) is 35.8 Å². The van der Waals surface area contributed by atoms with Crippen LogP contribution in [0.1, 0.15) is 24.3 Å². The number of pyridine rings is 1. The van der Waals surface area contributed by atoms with Gasteiger partial charge in [-0.25, -0.2) is 35.7 Å². The average molecular weight is 443 g/mol. The number of hydrogen-bond acceptors (Lipinski definition) is 4. The van der Waals surface area contributed by atoms with Crippen LogP contribution in [-0.2, 0) is 17.1 Å². The number of halogens is 5. The summed E-state index contributed by atoms with van der Waals surface area (Å²) in [5.41, 5.74) is -1.17. The third-order valence-electron chi connectivity index (χ3n) is 3.78. The van der Waals surface area contributed by atoms with Gasteiger partial charge in [-0.1, -0.05) is 11.6 Å². The number of sulfonamides is 1. The summed E-state index contributed by atoms with van der Waals surface area (Å²) in [6.07, 6.45) is 1.83. The van der Waals surface area contributed by atoms with Crippen molar-refractivity contribution in [1.29, 1.82) is 0 Å². The maximum absolute atomic E-state index is 14.6.